The molecule has 0 bridgehead atoms. The first-order valence-corrected chi connectivity index (χ1v) is 8.63. The number of benzene rings is 2. The van der Waals surface area contributed by atoms with Crippen LogP contribution in [0.5, 0.6) is 5.75 Å². The molecule has 7 nitrogen and oxygen atoms in total. The zero-order valence-corrected chi connectivity index (χ0v) is 14.9. The van der Waals surface area contributed by atoms with E-state index in [2.05, 4.69) is 10.6 Å². The zero-order chi connectivity index (χ0) is 19.2. The van der Waals surface area contributed by atoms with Crippen molar-refractivity contribution in [3.05, 3.63) is 54.1 Å². The van der Waals surface area contributed by atoms with Crippen LogP contribution in [-0.4, -0.2) is 30.5 Å². The molecule has 2 amide bonds. The van der Waals surface area contributed by atoms with Gasteiger partial charge in [-0.2, -0.15) is 0 Å². The SMILES string of the molecule is CC(=O)Oc1cccc(NC(=O)c2ccc(NC(=O)C3CCCO3)cc2)c1. The van der Waals surface area contributed by atoms with E-state index in [0.29, 0.717) is 29.3 Å². The highest BCUT2D eigenvalue weighted by atomic mass is 16.5. The minimum absolute atomic E-state index is 0.174. The molecule has 0 spiro atoms. The summed E-state index contributed by atoms with van der Waals surface area (Å²) in [4.78, 5) is 35.4. The van der Waals surface area contributed by atoms with Crippen LogP contribution in [0, 0.1) is 0 Å². The average Bonchev–Trinajstić information content (AvgIpc) is 3.17. The number of hydrogen-bond donors (Lipinski definition) is 2. The number of hydrogen-bond acceptors (Lipinski definition) is 5. The van der Waals surface area contributed by atoms with Crippen molar-refractivity contribution in [3.63, 3.8) is 0 Å². The topological polar surface area (TPSA) is 93.7 Å². The Morgan fingerprint density at radius 2 is 1.81 bits per heavy atom. The summed E-state index contributed by atoms with van der Waals surface area (Å²) >= 11 is 0. The van der Waals surface area contributed by atoms with Crippen LogP contribution in [0.15, 0.2) is 48.5 Å². The number of nitrogens with one attached hydrogen (secondary N) is 2. The Hall–Kier alpha value is -3.19. The molecule has 7 heteroatoms. The molecule has 2 aromatic carbocycles. The normalized spacial score (nSPS) is 15.8. The smallest absolute Gasteiger partial charge is 0.308 e. The maximum Gasteiger partial charge on any atom is 0.308 e. The predicted molar refractivity (Wildman–Crippen MR) is 99.7 cm³/mol. The van der Waals surface area contributed by atoms with Crippen molar-refractivity contribution in [2.45, 2.75) is 25.9 Å². The second-order valence-corrected chi connectivity index (χ2v) is 6.14. The molecule has 0 radical (unpaired) electrons. The standard InChI is InChI=1S/C20H20N2O5/c1-13(23)27-17-5-2-4-16(12-17)22-19(24)14-7-9-15(10-8-14)21-20(25)18-6-3-11-26-18/h2,4-5,7-10,12,18H,3,6,11H2,1H3,(H,21,25)(H,22,24). The number of rotatable bonds is 5. The van der Waals surface area contributed by atoms with Gasteiger partial charge in [-0.05, 0) is 49.2 Å². The molecular weight excluding hydrogens is 348 g/mol. The summed E-state index contributed by atoms with van der Waals surface area (Å²) in [5.41, 5.74) is 1.54. The lowest BCUT2D eigenvalue weighted by Crippen LogP contribution is -2.26. The fraction of sp³-hybridized carbons (Fsp3) is 0.250. The van der Waals surface area contributed by atoms with Crippen molar-refractivity contribution in [2.24, 2.45) is 0 Å². The Morgan fingerprint density at radius 1 is 1.04 bits per heavy atom. The van der Waals surface area contributed by atoms with Crippen LogP contribution in [-0.2, 0) is 14.3 Å². The fourth-order valence-electron chi connectivity index (χ4n) is 2.72. The van der Waals surface area contributed by atoms with Gasteiger partial charge in [-0.15, -0.1) is 0 Å². The molecule has 1 aliphatic rings. The van der Waals surface area contributed by atoms with Crippen molar-refractivity contribution in [2.75, 3.05) is 17.2 Å². The first-order chi connectivity index (χ1) is 13.0. The van der Waals surface area contributed by atoms with E-state index in [1.165, 1.54) is 6.92 Å². The lowest BCUT2D eigenvalue weighted by atomic mass is 10.1. The highest BCUT2D eigenvalue weighted by Crippen LogP contribution is 2.19. The van der Waals surface area contributed by atoms with Gasteiger partial charge >= 0.3 is 5.97 Å². The van der Waals surface area contributed by atoms with Gasteiger partial charge in [0.25, 0.3) is 11.8 Å². The molecule has 140 valence electrons. The number of carbonyl (C=O) groups excluding carboxylic acids is 3. The van der Waals surface area contributed by atoms with Crippen molar-refractivity contribution < 1.29 is 23.9 Å². The van der Waals surface area contributed by atoms with Gasteiger partial charge in [-0.25, -0.2) is 0 Å². The molecule has 0 saturated carbocycles. The highest BCUT2D eigenvalue weighted by Gasteiger charge is 2.23. The van der Waals surface area contributed by atoms with Gasteiger partial charge in [0.05, 0.1) is 0 Å². The van der Waals surface area contributed by atoms with E-state index < -0.39 is 12.1 Å². The Morgan fingerprint density at radius 3 is 2.48 bits per heavy atom. The lowest BCUT2D eigenvalue weighted by molar-refractivity contribution is -0.131. The summed E-state index contributed by atoms with van der Waals surface area (Å²) in [6, 6.07) is 13.1. The second-order valence-electron chi connectivity index (χ2n) is 6.14. The van der Waals surface area contributed by atoms with E-state index in [9.17, 15) is 14.4 Å². The molecule has 0 aromatic heterocycles. The first-order valence-electron chi connectivity index (χ1n) is 8.63. The van der Waals surface area contributed by atoms with E-state index in [1.807, 2.05) is 0 Å². The Balaban J connectivity index is 1.60. The number of anilines is 2. The summed E-state index contributed by atoms with van der Waals surface area (Å²) in [5.74, 6) is -0.564. The van der Waals surface area contributed by atoms with Gasteiger partial charge in [-0.3, -0.25) is 14.4 Å². The largest absolute Gasteiger partial charge is 0.427 e. The quantitative estimate of drug-likeness (QED) is 0.625. The van der Waals surface area contributed by atoms with Crippen LogP contribution in [0.4, 0.5) is 11.4 Å². The van der Waals surface area contributed by atoms with E-state index >= 15 is 0 Å². The molecule has 1 atom stereocenters. The van der Waals surface area contributed by atoms with Crippen LogP contribution in [0.3, 0.4) is 0 Å². The van der Waals surface area contributed by atoms with Gasteiger partial charge in [0, 0.05) is 36.5 Å². The molecule has 1 aliphatic heterocycles. The van der Waals surface area contributed by atoms with E-state index in [4.69, 9.17) is 9.47 Å². The van der Waals surface area contributed by atoms with Crippen LogP contribution in [0.2, 0.25) is 0 Å². The van der Waals surface area contributed by atoms with Gasteiger partial charge in [0.1, 0.15) is 11.9 Å². The number of esters is 1. The molecule has 1 saturated heterocycles. The predicted octanol–water partition coefficient (Wildman–Crippen LogP) is 2.98. The molecule has 1 unspecified atom stereocenters. The van der Waals surface area contributed by atoms with Crippen LogP contribution in [0.25, 0.3) is 0 Å². The number of carbonyl (C=O) groups is 3. The fourth-order valence-corrected chi connectivity index (χ4v) is 2.72. The monoisotopic (exact) mass is 368 g/mol. The van der Waals surface area contributed by atoms with Gasteiger partial charge < -0.3 is 20.1 Å². The van der Waals surface area contributed by atoms with Gasteiger partial charge in [0.15, 0.2) is 0 Å². The van der Waals surface area contributed by atoms with Crippen molar-refractivity contribution in [1.82, 2.24) is 0 Å². The Labute approximate surface area is 156 Å². The first kappa shape index (κ1) is 18.6. The van der Waals surface area contributed by atoms with Crippen LogP contribution < -0.4 is 15.4 Å². The third-order valence-electron chi connectivity index (χ3n) is 3.99. The van der Waals surface area contributed by atoms with Crippen molar-refractivity contribution in [1.29, 1.82) is 0 Å². The minimum Gasteiger partial charge on any atom is -0.427 e. The molecular formula is C20H20N2O5. The van der Waals surface area contributed by atoms with E-state index in [0.717, 1.165) is 12.8 Å². The summed E-state index contributed by atoms with van der Waals surface area (Å²) in [5, 5.41) is 5.52. The third-order valence-corrected chi connectivity index (χ3v) is 3.99. The van der Waals surface area contributed by atoms with Crippen molar-refractivity contribution in [3.8, 4) is 5.75 Å². The molecule has 1 fully saturated rings. The Bertz CT molecular complexity index is 842. The molecule has 27 heavy (non-hydrogen) atoms. The molecule has 1 heterocycles. The average molecular weight is 368 g/mol. The van der Waals surface area contributed by atoms with E-state index in [-0.39, 0.29) is 11.8 Å². The highest BCUT2D eigenvalue weighted by molar-refractivity contribution is 6.04. The molecule has 3 rings (SSSR count). The number of amides is 2. The third kappa shape index (κ3) is 5.15. The maximum absolute atomic E-state index is 12.4. The maximum atomic E-state index is 12.4. The summed E-state index contributed by atoms with van der Waals surface area (Å²) < 4.78 is 10.3. The van der Waals surface area contributed by atoms with Crippen molar-refractivity contribution >= 4 is 29.2 Å². The number of ether oxygens (including phenoxy) is 2. The summed E-state index contributed by atoms with van der Waals surface area (Å²) in [7, 11) is 0. The second kappa shape index (κ2) is 8.46. The van der Waals surface area contributed by atoms with Crippen LogP contribution in [0.1, 0.15) is 30.1 Å². The van der Waals surface area contributed by atoms with Crippen LogP contribution >= 0.6 is 0 Å². The zero-order valence-electron chi connectivity index (χ0n) is 14.9. The van der Waals surface area contributed by atoms with Gasteiger partial charge in [-0.1, -0.05) is 6.07 Å². The van der Waals surface area contributed by atoms with Gasteiger partial charge in [0.2, 0.25) is 0 Å². The summed E-state index contributed by atoms with van der Waals surface area (Å²) in [6.45, 7) is 1.92. The minimum atomic E-state index is -0.431. The molecule has 2 aromatic rings. The lowest BCUT2D eigenvalue weighted by Gasteiger charge is -2.11. The summed E-state index contributed by atoms with van der Waals surface area (Å²) in [6.07, 6.45) is 1.20. The molecule has 0 aliphatic carbocycles. The van der Waals surface area contributed by atoms with E-state index in [1.54, 1.807) is 48.5 Å². The molecule has 2 N–H and O–H groups in total. The Kier molecular flexibility index (Phi) is 5.83.